The van der Waals surface area contributed by atoms with Crippen LogP contribution < -0.4 is 11.1 Å². The molecule has 1 heterocycles. The Labute approximate surface area is 110 Å². The van der Waals surface area contributed by atoms with Crippen LogP contribution in [0, 0.1) is 0 Å². The van der Waals surface area contributed by atoms with Gasteiger partial charge in [0.2, 0.25) is 5.89 Å². The van der Waals surface area contributed by atoms with Crippen molar-refractivity contribution in [3.63, 3.8) is 0 Å². The molecule has 0 aliphatic rings. The number of aromatic nitrogens is 2. The van der Waals surface area contributed by atoms with Crippen LogP contribution in [-0.4, -0.2) is 28.0 Å². The molecule has 19 heavy (non-hydrogen) atoms. The number of nitrogens with zero attached hydrogens (tertiary/aromatic N) is 1. The second-order valence-corrected chi connectivity index (χ2v) is 4.30. The molecule has 1 unspecified atom stereocenters. The molecule has 0 saturated heterocycles. The molecule has 1 aromatic carbocycles. The summed E-state index contributed by atoms with van der Waals surface area (Å²) in [6.45, 7) is 2.46. The van der Waals surface area contributed by atoms with Crippen LogP contribution in [0.1, 0.15) is 18.4 Å². The maximum Gasteiger partial charge on any atom is 0.434 e. The van der Waals surface area contributed by atoms with E-state index in [4.69, 9.17) is 4.42 Å². The van der Waals surface area contributed by atoms with Crippen molar-refractivity contribution in [2.75, 3.05) is 11.9 Å². The largest absolute Gasteiger partial charge is 0.434 e. The van der Waals surface area contributed by atoms with E-state index in [-0.39, 0.29) is 12.3 Å². The Balaban J connectivity index is 1.85. The molecular weight excluding hydrogens is 246 g/mol. The van der Waals surface area contributed by atoms with Crippen molar-refractivity contribution >= 4 is 5.69 Å². The van der Waals surface area contributed by atoms with E-state index in [0.717, 1.165) is 12.1 Å². The molecule has 102 valence electrons. The molecule has 0 bridgehead atoms. The van der Waals surface area contributed by atoms with Crippen LogP contribution in [0.4, 0.5) is 5.69 Å². The molecule has 0 amide bonds. The molecule has 0 aliphatic heterocycles. The van der Waals surface area contributed by atoms with Gasteiger partial charge < -0.3 is 14.8 Å². The molecule has 0 radical (unpaired) electrons. The number of aromatic amines is 1. The van der Waals surface area contributed by atoms with Gasteiger partial charge in [-0.25, -0.2) is 9.89 Å². The van der Waals surface area contributed by atoms with Crippen LogP contribution >= 0.6 is 0 Å². The molecule has 1 aromatic heterocycles. The van der Waals surface area contributed by atoms with E-state index in [0.29, 0.717) is 6.54 Å². The van der Waals surface area contributed by atoms with Gasteiger partial charge in [0.25, 0.3) is 0 Å². The summed E-state index contributed by atoms with van der Waals surface area (Å²) in [7, 11) is 0. The lowest BCUT2D eigenvalue weighted by molar-refractivity contribution is 0.177. The molecule has 6 heteroatoms. The van der Waals surface area contributed by atoms with Crippen LogP contribution in [0.2, 0.25) is 0 Å². The minimum absolute atomic E-state index is 0.194. The normalized spacial score (nSPS) is 12.3. The minimum atomic E-state index is -0.670. The van der Waals surface area contributed by atoms with Gasteiger partial charge in [0, 0.05) is 12.2 Å². The van der Waals surface area contributed by atoms with Gasteiger partial charge in [-0.3, -0.25) is 0 Å². The maximum absolute atomic E-state index is 10.7. The fraction of sp³-hybridized carbons (Fsp3) is 0.385. The summed E-state index contributed by atoms with van der Waals surface area (Å²) < 4.78 is 4.73. The van der Waals surface area contributed by atoms with Crippen molar-refractivity contribution in [2.24, 2.45) is 0 Å². The van der Waals surface area contributed by atoms with Crippen molar-refractivity contribution < 1.29 is 9.52 Å². The molecule has 0 aliphatic carbocycles. The van der Waals surface area contributed by atoms with Crippen molar-refractivity contribution in [1.29, 1.82) is 0 Å². The Morgan fingerprint density at radius 1 is 1.53 bits per heavy atom. The van der Waals surface area contributed by atoms with E-state index in [1.165, 1.54) is 5.56 Å². The second kappa shape index (κ2) is 6.19. The zero-order chi connectivity index (χ0) is 13.7. The quantitative estimate of drug-likeness (QED) is 0.721. The summed E-state index contributed by atoms with van der Waals surface area (Å²) in [5.41, 5.74) is 2.19. The first-order valence-electron chi connectivity index (χ1n) is 6.22. The van der Waals surface area contributed by atoms with Crippen molar-refractivity contribution in [1.82, 2.24) is 10.2 Å². The van der Waals surface area contributed by atoms with Crippen LogP contribution in [-0.2, 0) is 12.8 Å². The average Bonchev–Trinajstić information content (AvgIpc) is 2.82. The first-order chi connectivity index (χ1) is 9.17. The van der Waals surface area contributed by atoms with Gasteiger partial charge in [-0.15, -0.1) is 5.10 Å². The average molecular weight is 263 g/mol. The number of aryl methyl sites for hydroxylation is 1. The van der Waals surface area contributed by atoms with E-state index < -0.39 is 11.9 Å². The minimum Gasteiger partial charge on any atom is -0.392 e. The van der Waals surface area contributed by atoms with E-state index >= 15 is 0 Å². The van der Waals surface area contributed by atoms with E-state index in [1.54, 1.807) is 0 Å². The summed E-state index contributed by atoms with van der Waals surface area (Å²) in [4.78, 5) is 10.7. The molecule has 1 atom stereocenters. The number of H-pyrrole nitrogens is 1. The monoisotopic (exact) mass is 263 g/mol. The Kier molecular flexibility index (Phi) is 4.35. The van der Waals surface area contributed by atoms with Gasteiger partial charge in [-0.05, 0) is 24.1 Å². The number of aliphatic hydroxyl groups excluding tert-OH is 1. The Morgan fingerprint density at radius 3 is 3.05 bits per heavy atom. The standard InChI is InChI=1S/C13H17N3O3/c1-2-9-4-3-5-10(6-9)14-8-11(17)7-12-15-16-13(18)19-12/h3-6,11,14,17H,2,7-8H2,1H3,(H,16,18). The van der Waals surface area contributed by atoms with Gasteiger partial charge in [-0.1, -0.05) is 19.1 Å². The highest BCUT2D eigenvalue weighted by Crippen LogP contribution is 2.11. The topological polar surface area (TPSA) is 91.1 Å². The first-order valence-corrected chi connectivity index (χ1v) is 6.22. The van der Waals surface area contributed by atoms with Crippen molar-refractivity contribution in [3.8, 4) is 0 Å². The Bertz CT molecular complexity index is 576. The fourth-order valence-corrected chi connectivity index (χ4v) is 1.76. The maximum atomic E-state index is 10.7. The number of anilines is 1. The number of benzene rings is 1. The Hall–Kier alpha value is -2.08. The third-order valence-electron chi connectivity index (χ3n) is 2.77. The number of nitrogens with one attached hydrogen (secondary N) is 2. The van der Waals surface area contributed by atoms with Crippen LogP contribution in [0.25, 0.3) is 0 Å². The fourth-order valence-electron chi connectivity index (χ4n) is 1.76. The van der Waals surface area contributed by atoms with Crippen LogP contribution in [0.5, 0.6) is 0 Å². The highest BCUT2D eigenvalue weighted by atomic mass is 16.4. The molecular formula is C13H17N3O3. The summed E-state index contributed by atoms with van der Waals surface area (Å²) in [5.74, 6) is -0.396. The van der Waals surface area contributed by atoms with Crippen LogP contribution in [0.3, 0.4) is 0 Å². The zero-order valence-electron chi connectivity index (χ0n) is 10.7. The van der Waals surface area contributed by atoms with Gasteiger partial charge >= 0.3 is 5.76 Å². The summed E-state index contributed by atoms with van der Waals surface area (Å²) in [5, 5.41) is 18.8. The lowest BCUT2D eigenvalue weighted by Gasteiger charge is -2.11. The molecule has 6 nitrogen and oxygen atoms in total. The molecule has 2 rings (SSSR count). The van der Waals surface area contributed by atoms with Gasteiger partial charge in [0.1, 0.15) is 0 Å². The predicted octanol–water partition coefficient (Wildman–Crippen LogP) is 0.941. The smallest absolute Gasteiger partial charge is 0.392 e. The van der Waals surface area contributed by atoms with Crippen LogP contribution in [0.15, 0.2) is 33.5 Å². The van der Waals surface area contributed by atoms with E-state index in [1.807, 2.05) is 18.2 Å². The molecule has 0 spiro atoms. The number of hydrogen-bond acceptors (Lipinski definition) is 5. The van der Waals surface area contributed by atoms with E-state index in [2.05, 4.69) is 28.5 Å². The molecule has 2 aromatic rings. The van der Waals surface area contributed by atoms with Gasteiger partial charge in [0.15, 0.2) is 0 Å². The predicted molar refractivity (Wildman–Crippen MR) is 71.1 cm³/mol. The van der Waals surface area contributed by atoms with Crippen molar-refractivity contribution in [3.05, 3.63) is 46.3 Å². The second-order valence-electron chi connectivity index (χ2n) is 4.30. The number of rotatable bonds is 6. The number of hydrogen-bond donors (Lipinski definition) is 3. The van der Waals surface area contributed by atoms with E-state index in [9.17, 15) is 9.90 Å². The number of aliphatic hydroxyl groups is 1. The third kappa shape index (κ3) is 3.96. The first kappa shape index (κ1) is 13.4. The molecule has 0 saturated carbocycles. The SMILES string of the molecule is CCc1cccc(NCC(O)Cc2n[nH]c(=O)o2)c1. The summed E-state index contributed by atoms with van der Waals surface area (Å²) in [6.07, 6.45) is 0.493. The highest BCUT2D eigenvalue weighted by Gasteiger charge is 2.10. The summed E-state index contributed by atoms with van der Waals surface area (Å²) in [6, 6.07) is 8.02. The lowest BCUT2D eigenvalue weighted by atomic mass is 10.1. The van der Waals surface area contributed by atoms with Gasteiger partial charge in [-0.2, -0.15) is 0 Å². The molecule has 0 fully saturated rings. The zero-order valence-corrected chi connectivity index (χ0v) is 10.7. The third-order valence-corrected chi connectivity index (χ3v) is 2.77. The van der Waals surface area contributed by atoms with Crippen molar-refractivity contribution in [2.45, 2.75) is 25.9 Å². The van der Waals surface area contributed by atoms with Gasteiger partial charge in [0.05, 0.1) is 12.5 Å². The summed E-state index contributed by atoms with van der Waals surface area (Å²) >= 11 is 0. The lowest BCUT2D eigenvalue weighted by Crippen LogP contribution is -2.22. The molecule has 3 N–H and O–H groups in total. The Morgan fingerprint density at radius 2 is 2.37 bits per heavy atom. The highest BCUT2D eigenvalue weighted by molar-refractivity contribution is 5.45.